The van der Waals surface area contributed by atoms with Crippen molar-refractivity contribution >= 4 is 39.0 Å². The second-order valence-electron chi connectivity index (χ2n) is 21.0. The molecule has 328 valence electrons. The van der Waals surface area contributed by atoms with Crippen LogP contribution < -0.4 is 4.90 Å². The van der Waals surface area contributed by atoms with Crippen LogP contribution in [0.3, 0.4) is 0 Å². The molecule has 5 atom stereocenters. The third kappa shape index (κ3) is 5.81. The van der Waals surface area contributed by atoms with Gasteiger partial charge in [-0.25, -0.2) is 0 Å². The number of fused-ring (bicyclic) bond motifs is 16. The summed E-state index contributed by atoms with van der Waals surface area (Å²) in [7, 11) is 0. The van der Waals surface area contributed by atoms with Gasteiger partial charge in [0.1, 0.15) is 11.2 Å². The monoisotopic (exact) mass is 872 g/mol. The topological polar surface area (TPSA) is 16.4 Å². The van der Waals surface area contributed by atoms with E-state index in [2.05, 4.69) is 140 Å². The van der Waals surface area contributed by atoms with E-state index in [9.17, 15) is 0 Å². The quantitative estimate of drug-likeness (QED) is 0.171. The summed E-state index contributed by atoms with van der Waals surface area (Å²) in [5.74, 6) is 2.76. The van der Waals surface area contributed by atoms with E-state index in [4.69, 9.17) is 11.3 Å². The number of rotatable bonds is 5. The molecule has 14 rings (SSSR count). The van der Waals surface area contributed by atoms with Gasteiger partial charge in [-0.1, -0.05) is 148 Å². The van der Waals surface area contributed by atoms with Crippen molar-refractivity contribution in [2.24, 2.45) is 23.7 Å². The van der Waals surface area contributed by atoms with Crippen molar-refractivity contribution in [3.8, 4) is 44.5 Å². The maximum Gasteiger partial charge on any atom is 0.135 e. The summed E-state index contributed by atoms with van der Waals surface area (Å²) < 4.78 is 49.1. The van der Waals surface area contributed by atoms with Crippen LogP contribution in [0.1, 0.15) is 101 Å². The van der Waals surface area contributed by atoms with Gasteiger partial charge in [-0.3, -0.25) is 0 Å². The second kappa shape index (κ2) is 14.9. The van der Waals surface area contributed by atoms with Crippen molar-refractivity contribution in [3.05, 3.63) is 198 Å². The highest BCUT2D eigenvalue weighted by Gasteiger charge is 2.56. The van der Waals surface area contributed by atoms with Gasteiger partial charge in [0.2, 0.25) is 0 Å². The molecule has 3 saturated carbocycles. The summed E-state index contributed by atoms with van der Waals surface area (Å²) in [5, 5.41) is 2.11. The molecule has 8 aromatic carbocycles. The van der Waals surface area contributed by atoms with Crippen molar-refractivity contribution < 1.29 is 11.3 Å². The molecule has 0 saturated heterocycles. The van der Waals surface area contributed by atoms with E-state index in [1.54, 1.807) is 5.56 Å². The molecule has 2 bridgehead atoms. The Labute approximate surface area is 402 Å². The fraction of sp³-hybridized carbons (Fsp3) is 0.262. The smallest absolute Gasteiger partial charge is 0.135 e. The van der Waals surface area contributed by atoms with Gasteiger partial charge in [-0.05, 0) is 190 Å². The Kier molecular flexibility index (Phi) is 7.72. The average molecular weight is 873 g/mol. The van der Waals surface area contributed by atoms with Crippen LogP contribution in [-0.2, 0) is 10.8 Å². The van der Waals surface area contributed by atoms with Crippen molar-refractivity contribution in [2.75, 3.05) is 4.90 Å². The molecule has 1 unspecified atom stereocenters. The lowest BCUT2D eigenvalue weighted by Gasteiger charge is -2.54. The van der Waals surface area contributed by atoms with Crippen molar-refractivity contribution in [1.29, 1.82) is 0 Å². The Morgan fingerprint density at radius 1 is 0.493 bits per heavy atom. The summed E-state index contributed by atoms with van der Waals surface area (Å²) in [6.07, 6.45) is 11.2. The van der Waals surface area contributed by atoms with Gasteiger partial charge >= 0.3 is 0 Å². The van der Waals surface area contributed by atoms with Gasteiger partial charge in [0, 0.05) is 38.7 Å². The second-order valence-corrected chi connectivity index (χ2v) is 21.0. The molecule has 2 heteroatoms. The van der Waals surface area contributed by atoms with E-state index in [1.807, 2.05) is 24.3 Å². The molecule has 5 aliphatic carbocycles. The van der Waals surface area contributed by atoms with Crippen LogP contribution in [0.2, 0.25) is 0 Å². The molecule has 2 spiro atoms. The van der Waals surface area contributed by atoms with Crippen LogP contribution in [0.5, 0.6) is 0 Å². The van der Waals surface area contributed by atoms with Gasteiger partial charge < -0.3 is 9.32 Å². The number of benzene rings is 8. The molecule has 1 heterocycles. The van der Waals surface area contributed by atoms with Crippen LogP contribution in [0.25, 0.3) is 66.4 Å². The van der Waals surface area contributed by atoms with Crippen molar-refractivity contribution in [1.82, 2.24) is 0 Å². The molecule has 2 nitrogen and oxygen atoms in total. The zero-order chi connectivity index (χ0) is 48.8. The van der Waals surface area contributed by atoms with E-state index in [-0.39, 0.29) is 40.6 Å². The average Bonchev–Trinajstić information content (AvgIpc) is 4.01. The summed E-state index contributed by atoms with van der Waals surface area (Å²) in [5.41, 5.74) is 19.1. The zero-order valence-electron chi connectivity index (χ0n) is 43.4. The molecule has 0 N–H and O–H groups in total. The Hall–Kier alpha value is -6.64. The SMILES string of the molecule is [2H]c1c([2H])c([2H])c(-c2ccc(N(c3ccc4c(c3)C3(CCCCC3)c3ccccc3-4)c3ccc4oc5ccc(-c6ccc7c(c6)[C@@]6(c8ccccc8-7)[C@H]7CC(C[C@@H](C)C7)C[C@@H]6C)cc5c4c3)cc2)c([2H])c1[2H]. The standard InChI is InChI=1S/C65H57NO/c1-41-33-43-35-42(2)65(48(34-41)36-43)59-18-10-8-16-53(59)55-27-21-47(38-61(55)65)46-22-29-62-56(37-46)57-39-50(26-30-63(57)67-62)66(49-23-19-45(20-24-49)44-13-5-3-6-14-44)51-25-28-54-52-15-7-9-17-58(52)64(60(54)40-51)31-11-4-12-32-64/h3,5-10,13-30,37-43,48H,4,11-12,31-36H2,1-2H3/t41-,42+,43?,48-,65-/m1/s1/i3D,5D,6D,13D,14D. The lowest BCUT2D eigenvalue weighted by Crippen LogP contribution is -2.49. The van der Waals surface area contributed by atoms with Crippen LogP contribution in [0.4, 0.5) is 17.1 Å². The highest BCUT2D eigenvalue weighted by atomic mass is 16.3. The van der Waals surface area contributed by atoms with Gasteiger partial charge in [0.25, 0.3) is 0 Å². The maximum atomic E-state index is 8.75. The summed E-state index contributed by atoms with van der Waals surface area (Å²) >= 11 is 0. The Balaban J connectivity index is 0.911. The zero-order valence-corrected chi connectivity index (χ0v) is 38.4. The molecule has 1 aromatic heterocycles. The first-order valence-electron chi connectivity index (χ1n) is 27.5. The van der Waals surface area contributed by atoms with Crippen LogP contribution in [-0.4, -0.2) is 0 Å². The number of hydrogen-bond donors (Lipinski definition) is 0. The highest BCUT2D eigenvalue weighted by molar-refractivity contribution is 6.08. The summed E-state index contributed by atoms with van der Waals surface area (Å²) in [6, 6.07) is 52.2. The molecule has 0 aliphatic heterocycles. The fourth-order valence-corrected chi connectivity index (χ4v) is 14.9. The molecular formula is C65H57NO. The van der Waals surface area contributed by atoms with Crippen LogP contribution in [0, 0.1) is 23.7 Å². The first-order valence-corrected chi connectivity index (χ1v) is 25.0. The molecule has 9 aromatic rings. The number of anilines is 3. The first-order chi connectivity index (χ1) is 35.0. The first kappa shape index (κ1) is 34.6. The molecule has 5 aliphatic rings. The Morgan fingerprint density at radius 3 is 1.93 bits per heavy atom. The predicted octanol–water partition coefficient (Wildman–Crippen LogP) is 18.0. The van der Waals surface area contributed by atoms with Crippen molar-refractivity contribution in [3.63, 3.8) is 0 Å². The Morgan fingerprint density at radius 2 is 1.10 bits per heavy atom. The van der Waals surface area contributed by atoms with Gasteiger partial charge in [0.15, 0.2) is 0 Å². The largest absolute Gasteiger partial charge is 0.456 e. The molecular weight excluding hydrogens is 811 g/mol. The minimum atomic E-state index is -0.391. The minimum Gasteiger partial charge on any atom is -0.456 e. The van der Waals surface area contributed by atoms with Crippen LogP contribution in [0.15, 0.2) is 180 Å². The van der Waals surface area contributed by atoms with E-state index in [1.165, 1.54) is 95.0 Å². The third-order valence-electron chi connectivity index (χ3n) is 17.5. The van der Waals surface area contributed by atoms with Gasteiger partial charge in [-0.15, -0.1) is 0 Å². The van der Waals surface area contributed by atoms with E-state index in [0.717, 1.165) is 63.7 Å². The predicted molar refractivity (Wildman–Crippen MR) is 279 cm³/mol. The fourth-order valence-electron chi connectivity index (χ4n) is 14.9. The lowest BCUT2D eigenvalue weighted by atomic mass is 9.49. The van der Waals surface area contributed by atoms with E-state index >= 15 is 0 Å². The normalized spacial score (nSPS) is 24.1. The van der Waals surface area contributed by atoms with Crippen LogP contribution >= 0.6 is 0 Å². The summed E-state index contributed by atoms with van der Waals surface area (Å²) in [4.78, 5) is 2.31. The van der Waals surface area contributed by atoms with Crippen molar-refractivity contribution in [2.45, 2.75) is 82.5 Å². The van der Waals surface area contributed by atoms with E-state index < -0.39 is 6.04 Å². The van der Waals surface area contributed by atoms with Gasteiger partial charge in [-0.2, -0.15) is 0 Å². The number of hydrogen-bond acceptors (Lipinski definition) is 2. The van der Waals surface area contributed by atoms with Gasteiger partial charge in [0.05, 0.1) is 6.85 Å². The lowest BCUT2D eigenvalue weighted by molar-refractivity contribution is 0.0426. The third-order valence-corrected chi connectivity index (χ3v) is 17.5. The molecule has 0 radical (unpaired) electrons. The highest BCUT2D eigenvalue weighted by Crippen LogP contribution is 2.65. The number of nitrogens with zero attached hydrogens (tertiary/aromatic N) is 1. The maximum absolute atomic E-state index is 8.75. The van der Waals surface area contributed by atoms with E-state index in [0.29, 0.717) is 17.4 Å². The molecule has 0 amide bonds. The molecule has 67 heavy (non-hydrogen) atoms. The summed E-state index contributed by atoms with van der Waals surface area (Å²) in [6.45, 7) is 5.03. The molecule has 3 fully saturated rings. The minimum absolute atomic E-state index is 0.0157. The Bertz CT molecular complexity index is 3680. The number of furan rings is 1.